The van der Waals surface area contributed by atoms with Gasteiger partial charge in [0.2, 0.25) is 23.6 Å². The van der Waals surface area contributed by atoms with Gasteiger partial charge in [-0.25, -0.2) is 25.0 Å². The Balaban J connectivity index is 0.000000127. The van der Waals surface area contributed by atoms with E-state index in [9.17, 15) is 33.6 Å². The molecule has 13 aromatic rings. The second-order valence-electron chi connectivity index (χ2n) is 26.5. The molecule has 17 rings (SSSR count). The van der Waals surface area contributed by atoms with Gasteiger partial charge >= 0.3 is 0 Å². The SMILES string of the molecule is C=CC(=O)N1CCCC(n2nc(-c3ccc(-c4nc5ccccc5o4)cc3)c3c(N)n[nH]c(=O)c32)C1.C=CC(=O)N1CCCC(n2nc(-c3ccc(-n4cc5ccccc5n4)cc3)c3c(N)n[nH]c(=O)c32)C1.C=CC(=O)N1CCCC(n2nc(-c3ccc(C(=O)N4CCCC4)cc3)c3c(N)n[nH]c(=O)c32)C1. The van der Waals surface area contributed by atoms with Crippen molar-refractivity contribution in [2.75, 3.05) is 69.6 Å². The van der Waals surface area contributed by atoms with Gasteiger partial charge in [-0.2, -0.15) is 35.7 Å². The van der Waals surface area contributed by atoms with Crippen molar-refractivity contribution in [2.45, 2.75) is 69.5 Å². The van der Waals surface area contributed by atoms with Gasteiger partial charge in [0, 0.05) is 91.8 Å². The molecule has 0 bridgehead atoms. The second kappa shape index (κ2) is 28.8. The molecule has 8 aromatic heterocycles. The predicted molar refractivity (Wildman–Crippen MR) is 402 cm³/mol. The summed E-state index contributed by atoms with van der Waals surface area (Å²) in [6.07, 6.45) is 12.7. The number of nitrogen functional groups attached to an aromatic ring is 3. The highest BCUT2D eigenvalue weighted by Crippen LogP contribution is 2.38. The minimum atomic E-state index is -0.393. The fourth-order valence-corrected chi connectivity index (χ4v) is 14.7. The normalized spacial score (nSPS) is 16.8. The van der Waals surface area contributed by atoms with Gasteiger partial charge in [-0.3, -0.25) is 47.6 Å². The van der Waals surface area contributed by atoms with Crippen LogP contribution in [0.3, 0.4) is 0 Å². The van der Waals surface area contributed by atoms with E-state index < -0.39 is 5.56 Å². The van der Waals surface area contributed by atoms with E-state index in [1.54, 1.807) is 40.9 Å². The van der Waals surface area contributed by atoms with Crippen molar-refractivity contribution in [1.29, 1.82) is 0 Å². The first-order valence-electron chi connectivity index (χ1n) is 35.0. The predicted octanol–water partition coefficient (Wildman–Crippen LogP) is 8.54. The number of amides is 4. The van der Waals surface area contributed by atoms with E-state index in [4.69, 9.17) is 36.9 Å². The van der Waals surface area contributed by atoms with Crippen LogP contribution in [0.25, 0.3) is 106 Å². The molecule has 5 aromatic carbocycles. The number of benzene rings is 5. The zero-order valence-corrected chi connectivity index (χ0v) is 57.7. The number of para-hydroxylation sites is 2. The Kier molecular flexibility index (Phi) is 18.6. The largest absolute Gasteiger partial charge is 0.436 e. The summed E-state index contributed by atoms with van der Waals surface area (Å²) in [6.45, 7) is 15.6. The number of anilines is 3. The lowest BCUT2D eigenvalue weighted by Gasteiger charge is -2.32. The van der Waals surface area contributed by atoms with E-state index in [1.165, 1.54) is 18.2 Å². The van der Waals surface area contributed by atoms with Crippen LogP contribution in [-0.2, 0) is 14.4 Å². The highest BCUT2D eigenvalue weighted by Gasteiger charge is 2.33. The number of nitrogens with zero attached hydrogens (tertiary/aromatic N) is 16. The zero-order valence-electron chi connectivity index (χ0n) is 57.7. The lowest BCUT2D eigenvalue weighted by molar-refractivity contribution is -0.128. The summed E-state index contributed by atoms with van der Waals surface area (Å²) in [6, 6.07) is 37.6. The van der Waals surface area contributed by atoms with Gasteiger partial charge in [0.25, 0.3) is 22.6 Å². The number of likely N-dealkylation sites (tertiary alicyclic amines) is 4. The fraction of sp³-hybridized carbons (Fsp3) is 0.250. The monoisotopic (exact) mass is 1420 g/mol. The van der Waals surface area contributed by atoms with E-state index >= 15 is 0 Å². The van der Waals surface area contributed by atoms with Crippen molar-refractivity contribution in [3.8, 4) is 50.9 Å². The van der Waals surface area contributed by atoms with Crippen molar-refractivity contribution >= 4 is 95.8 Å². The molecule has 0 spiro atoms. The summed E-state index contributed by atoms with van der Waals surface area (Å²) >= 11 is 0. The van der Waals surface area contributed by atoms with Crippen molar-refractivity contribution in [2.24, 2.45) is 0 Å². The molecule has 4 amide bonds. The van der Waals surface area contributed by atoms with Crippen LogP contribution in [0.2, 0.25) is 0 Å². The van der Waals surface area contributed by atoms with Crippen LogP contribution >= 0.6 is 0 Å². The topological polar surface area (TPSA) is 394 Å². The zero-order chi connectivity index (χ0) is 73.4. The summed E-state index contributed by atoms with van der Waals surface area (Å²) in [4.78, 5) is 99.5. The highest BCUT2D eigenvalue weighted by molar-refractivity contribution is 6.03. The molecule has 30 heteroatoms. The number of carbonyl (C=O) groups excluding carboxylic acids is 4. The lowest BCUT2D eigenvalue weighted by atomic mass is 10.0. The van der Waals surface area contributed by atoms with E-state index in [-0.39, 0.29) is 70.3 Å². The number of hydrogen-bond donors (Lipinski definition) is 6. The van der Waals surface area contributed by atoms with E-state index in [1.807, 2.05) is 125 Å². The van der Waals surface area contributed by atoms with Gasteiger partial charge in [0.05, 0.1) is 45.5 Å². The van der Waals surface area contributed by atoms with E-state index in [2.05, 4.69) is 60.4 Å². The smallest absolute Gasteiger partial charge is 0.290 e. The van der Waals surface area contributed by atoms with Crippen molar-refractivity contribution in [1.82, 2.24) is 94.3 Å². The van der Waals surface area contributed by atoms with Crippen LogP contribution < -0.4 is 33.9 Å². The fourth-order valence-electron chi connectivity index (χ4n) is 14.7. The van der Waals surface area contributed by atoms with Crippen LogP contribution in [0.15, 0.2) is 184 Å². The highest BCUT2D eigenvalue weighted by atomic mass is 16.3. The van der Waals surface area contributed by atoms with Crippen molar-refractivity contribution in [3.63, 3.8) is 0 Å². The number of aromatic nitrogens is 15. The maximum Gasteiger partial charge on any atom is 0.290 e. The molecular formula is C76H74N22O8. The molecule has 3 unspecified atom stereocenters. The number of nitrogens with one attached hydrogen (secondary N) is 3. The molecule has 30 nitrogen and oxygen atoms in total. The minimum absolute atomic E-state index is 0.0197. The van der Waals surface area contributed by atoms with Gasteiger partial charge in [-0.05, 0) is 124 Å². The van der Waals surface area contributed by atoms with Gasteiger partial charge in [0.15, 0.2) is 23.0 Å². The number of piperidine rings is 3. The van der Waals surface area contributed by atoms with Crippen molar-refractivity contribution in [3.05, 3.63) is 202 Å². The van der Waals surface area contributed by atoms with Gasteiger partial charge in [0.1, 0.15) is 39.1 Å². The Morgan fingerprint density at radius 1 is 0.453 bits per heavy atom. The summed E-state index contributed by atoms with van der Waals surface area (Å²) in [5.74, 6) is 0.676. The average molecular weight is 1420 g/mol. The van der Waals surface area contributed by atoms with E-state index in [0.29, 0.717) is 101 Å². The third-order valence-corrected chi connectivity index (χ3v) is 20.0. The Morgan fingerprint density at radius 3 is 1.26 bits per heavy atom. The van der Waals surface area contributed by atoms with Crippen LogP contribution in [0, 0.1) is 0 Å². The molecule has 4 saturated heterocycles. The molecule has 536 valence electrons. The molecule has 4 aliphatic heterocycles. The Morgan fingerprint density at radius 2 is 0.840 bits per heavy atom. The number of H-pyrrole nitrogens is 3. The third kappa shape index (κ3) is 13.0. The molecule has 106 heavy (non-hydrogen) atoms. The van der Waals surface area contributed by atoms with E-state index in [0.717, 1.165) is 114 Å². The summed E-state index contributed by atoms with van der Waals surface area (Å²) in [5.41, 5.74) is 27.3. The number of aromatic amines is 3. The molecule has 9 N–H and O–H groups in total. The second-order valence-corrected chi connectivity index (χ2v) is 26.5. The summed E-state index contributed by atoms with van der Waals surface area (Å²) in [5, 5.41) is 41.0. The molecule has 0 saturated carbocycles. The first-order chi connectivity index (χ1) is 51.5. The van der Waals surface area contributed by atoms with Crippen LogP contribution in [0.1, 0.15) is 79.9 Å². The molecule has 4 fully saturated rings. The molecule has 12 heterocycles. The summed E-state index contributed by atoms with van der Waals surface area (Å²) in [7, 11) is 0. The number of oxazole rings is 1. The Hall–Kier alpha value is -13.4. The maximum absolute atomic E-state index is 12.9. The number of nitrogens with two attached hydrogens (primary N) is 3. The van der Waals surface area contributed by atoms with Gasteiger partial charge in [-0.15, -0.1) is 0 Å². The van der Waals surface area contributed by atoms with Crippen LogP contribution in [-0.4, -0.2) is 170 Å². The van der Waals surface area contributed by atoms with Crippen LogP contribution in [0.5, 0.6) is 0 Å². The number of hydrogen-bond acceptors (Lipinski definition) is 19. The number of carbonyl (C=O) groups is 4. The molecule has 4 aliphatic rings. The Bertz CT molecular complexity index is 5480. The first-order valence-corrected chi connectivity index (χ1v) is 35.0. The van der Waals surface area contributed by atoms with Crippen molar-refractivity contribution < 1.29 is 23.6 Å². The maximum atomic E-state index is 12.9. The lowest BCUT2D eigenvalue weighted by Crippen LogP contribution is -2.40. The standard InChI is InChI=1S/C26H24N8O2.C26H23N7O3.C24H27N7O3/c1-2-21(35)32-13-5-7-19(15-32)34-24-22(25(27)28-29-26(24)36)23(31-34)16-9-11-18(12-10-16)33-14-17-6-3-4-8-20(17)30-33;1-2-20(34)32-13-5-6-17(14-32)33-23-21(24(27)29-30-25(23)35)22(31-33)15-9-11-16(12-10-15)26-28-18-7-3-4-8-19(18)36-26;1-2-18(32)30-13-5-6-17(14-30)31-21-19(22(25)26-27-23(21)33)20(28-31)15-7-9-16(10-8-15)24(34)29-11-3-4-12-29/h2-4,6,8-12,14,19H,1,5,7,13,15H2,(H2,27,28)(H,29,36);2-4,7-12,17H,1,5-6,13-14H2,(H2,27,29)(H,30,35);2,7-10,17H,1,3-6,11-14H2,(H2,25,26)(H,27,33). The quantitative estimate of drug-likeness (QED) is 0.0624. The average Bonchev–Trinajstić information content (AvgIpc) is 1.60. The molecule has 3 atom stereocenters. The summed E-state index contributed by atoms with van der Waals surface area (Å²) < 4.78 is 12.8. The first kappa shape index (κ1) is 68.4. The van der Waals surface area contributed by atoms with Crippen LogP contribution in [0.4, 0.5) is 17.5 Å². The minimum Gasteiger partial charge on any atom is -0.436 e. The number of fused-ring (bicyclic) bond motifs is 5. The van der Waals surface area contributed by atoms with Gasteiger partial charge in [-0.1, -0.05) is 86.5 Å². The Labute approximate surface area is 603 Å². The molecule has 0 aliphatic carbocycles. The molecular weight excluding hydrogens is 1350 g/mol. The molecule has 0 radical (unpaired) electrons. The third-order valence-electron chi connectivity index (χ3n) is 20.0. The van der Waals surface area contributed by atoms with Gasteiger partial charge < -0.3 is 41.2 Å². The number of rotatable bonds is 12.